The van der Waals surface area contributed by atoms with Gasteiger partial charge in [-0.15, -0.1) is 0 Å². The average molecular weight is 280 g/mol. The van der Waals surface area contributed by atoms with Crippen molar-refractivity contribution < 1.29 is 14.0 Å². The van der Waals surface area contributed by atoms with Crippen molar-refractivity contribution in [2.45, 2.75) is 39.3 Å². The minimum Gasteiger partial charge on any atom is -0.357 e. The van der Waals surface area contributed by atoms with Crippen molar-refractivity contribution in [3.8, 4) is 0 Å². The monoisotopic (exact) mass is 280 g/mol. The Kier molecular flexibility index (Phi) is 6.15. The van der Waals surface area contributed by atoms with Crippen molar-refractivity contribution in [3.05, 3.63) is 35.6 Å². The van der Waals surface area contributed by atoms with Gasteiger partial charge in [0, 0.05) is 25.6 Å². The molecule has 0 aliphatic carbocycles. The molecule has 1 atom stereocenters. The highest BCUT2D eigenvalue weighted by Crippen LogP contribution is 2.14. The number of halogens is 1. The number of benzene rings is 1. The maximum absolute atomic E-state index is 13.7. The fourth-order valence-electron chi connectivity index (χ4n) is 1.96. The zero-order chi connectivity index (χ0) is 15.1. The molecule has 5 heteroatoms. The van der Waals surface area contributed by atoms with Crippen LogP contribution in [-0.4, -0.2) is 29.8 Å². The maximum Gasteiger partial charge on any atom is 0.242 e. The molecule has 20 heavy (non-hydrogen) atoms. The summed E-state index contributed by atoms with van der Waals surface area (Å²) in [4.78, 5) is 25.3. The summed E-state index contributed by atoms with van der Waals surface area (Å²) in [6.07, 6.45) is 1.03. The Balaban J connectivity index is 2.96. The lowest BCUT2D eigenvalue weighted by Crippen LogP contribution is -2.46. The molecule has 0 radical (unpaired) electrons. The molecule has 0 spiro atoms. The van der Waals surface area contributed by atoms with Crippen LogP contribution in [0.5, 0.6) is 0 Å². The molecule has 0 saturated carbocycles. The highest BCUT2D eigenvalue weighted by atomic mass is 19.1. The van der Waals surface area contributed by atoms with Crippen LogP contribution in [0.15, 0.2) is 24.3 Å². The van der Waals surface area contributed by atoms with Gasteiger partial charge in [0.15, 0.2) is 0 Å². The van der Waals surface area contributed by atoms with Gasteiger partial charge in [0.25, 0.3) is 0 Å². The van der Waals surface area contributed by atoms with Gasteiger partial charge in [0.2, 0.25) is 11.8 Å². The molecule has 4 nitrogen and oxygen atoms in total. The summed E-state index contributed by atoms with van der Waals surface area (Å²) in [5, 5.41) is 2.52. The van der Waals surface area contributed by atoms with Gasteiger partial charge in [-0.25, -0.2) is 4.39 Å². The van der Waals surface area contributed by atoms with Gasteiger partial charge in [-0.05, 0) is 19.4 Å². The number of nitrogens with zero attached hydrogens (tertiary/aromatic N) is 1. The van der Waals surface area contributed by atoms with E-state index in [9.17, 15) is 14.0 Å². The number of rotatable bonds is 6. The van der Waals surface area contributed by atoms with E-state index in [-0.39, 0.29) is 24.2 Å². The molecule has 0 aliphatic heterocycles. The molecule has 0 heterocycles. The van der Waals surface area contributed by atoms with Crippen LogP contribution in [0.2, 0.25) is 0 Å². The lowest BCUT2D eigenvalue weighted by Gasteiger charge is -2.28. The average Bonchev–Trinajstić information content (AvgIpc) is 2.45. The summed E-state index contributed by atoms with van der Waals surface area (Å²) >= 11 is 0. The summed E-state index contributed by atoms with van der Waals surface area (Å²) in [6, 6.07) is 5.66. The maximum atomic E-state index is 13.7. The van der Waals surface area contributed by atoms with E-state index in [2.05, 4.69) is 5.32 Å². The third-order valence-electron chi connectivity index (χ3n) is 3.18. The topological polar surface area (TPSA) is 49.4 Å². The quantitative estimate of drug-likeness (QED) is 0.867. The molecule has 1 aromatic carbocycles. The Labute approximate surface area is 119 Å². The van der Waals surface area contributed by atoms with Gasteiger partial charge in [0.05, 0.1) is 0 Å². The number of hydrogen-bond donors (Lipinski definition) is 1. The summed E-state index contributed by atoms with van der Waals surface area (Å²) in [6.45, 7) is 3.64. The predicted octanol–water partition coefficient (Wildman–Crippen LogP) is 2.09. The lowest BCUT2D eigenvalue weighted by atomic mass is 10.1. The Hall–Kier alpha value is -1.91. The van der Waals surface area contributed by atoms with E-state index in [1.807, 2.05) is 6.92 Å². The Morgan fingerprint density at radius 2 is 2.00 bits per heavy atom. The van der Waals surface area contributed by atoms with E-state index in [1.165, 1.54) is 18.0 Å². The number of nitrogens with one attached hydrogen (secondary N) is 1. The van der Waals surface area contributed by atoms with Crippen LogP contribution in [0.3, 0.4) is 0 Å². The van der Waals surface area contributed by atoms with Gasteiger partial charge in [-0.2, -0.15) is 0 Å². The molecular formula is C15H21FN2O2. The van der Waals surface area contributed by atoms with Crippen LogP contribution < -0.4 is 5.32 Å². The second-order valence-corrected chi connectivity index (χ2v) is 4.65. The third kappa shape index (κ3) is 4.05. The van der Waals surface area contributed by atoms with Gasteiger partial charge in [0.1, 0.15) is 11.9 Å². The largest absolute Gasteiger partial charge is 0.357 e. The molecule has 0 bridgehead atoms. The summed E-state index contributed by atoms with van der Waals surface area (Å²) < 4.78 is 13.7. The van der Waals surface area contributed by atoms with Crippen LogP contribution >= 0.6 is 0 Å². The van der Waals surface area contributed by atoms with E-state index >= 15 is 0 Å². The third-order valence-corrected chi connectivity index (χ3v) is 3.18. The molecular weight excluding hydrogens is 259 g/mol. The van der Waals surface area contributed by atoms with Gasteiger partial charge in [-0.3, -0.25) is 9.59 Å². The molecule has 2 amide bonds. The molecule has 0 saturated heterocycles. The highest BCUT2D eigenvalue weighted by Gasteiger charge is 2.25. The number of hydrogen-bond acceptors (Lipinski definition) is 2. The van der Waals surface area contributed by atoms with Crippen LogP contribution in [-0.2, 0) is 16.1 Å². The van der Waals surface area contributed by atoms with E-state index in [1.54, 1.807) is 25.1 Å². The van der Waals surface area contributed by atoms with Crippen LogP contribution in [0, 0.1) is 5.82 Å². The lowest BCUT2D eigenvalue weighted by molar-refractivity contribution is -0.140. The first kappa shape index (κ1) is 16.1. The minimum absolute atomic E-state index is 0.0973. The fraction of sp³-hybridized carbons (Fsp3) is 0.467. The van der Waals surface area contributed by atoms with Crippen molar-refractivity contribution in [3.63, 3.8) is 0 Å². The minimum atomic E-state index is -0.626. The predicted molar refractivity (Wildman–Crippen MR) is 75.4 cm³/mol. The number of likely N-dealkylation sites (N-methyl/N-ethyl adjacent to an activating group) is 1. The first-order valence-corrected chi connectivity index (χ1v) is 6.75. The van der Waals surface area contributed by atoms with E-state index in [4.69, 9.17) is 0 Å². The molecule has 0 fully saturated rings. The smallest absolute Gasteiger partial charge is 0.242 e. The molecule has 110 valence electrons. The van der Waals surface area contributed by atoms with Gasteiger partial charge >= 0.3 is 0 Å². The highest BCUT2D eigenvalue weighted by molar-refractivity contribution is 5.87. The van der Waals surface area contributed by atoms with E-state index < -0.39 is 6.04 Å². The first-order chi connectivity index (χ1) is 9.51. The zero-order valence-electron chi connectivity index (χ0n) is 12.1. The second-order valence-electron chi connectivity index (χ2n) is 4.65. The van der Waals surface area contributed by atoms with Crippen molar-refractivity contribution >= 4 is 11.8 Å². The molecule has 0 aromatic heterocycles. The standard InChI is InChI=1S/C15H21FN2O2/c1-4-7-14(19)18(11(2)15(20)17-3)10-12-8-5-6-9-13(12)16/h5-6,8-9,11H,4,7,10H2,1-3H3,(H,17,20). The van der Waals surface area contributed by atoms with Gasteiger partial charge in [-0.1, -0.05) is 25.1 Å². The Morgan fingerprint density at radius 1 is 1.35 bits per heavy atom. The number of amides is 2. The molecule has 1 aromatic rings. The van der Waals surface area contributed by atoms with Crippen LogP contribution in [0.1, 0.15) is 32.3 Å². The van der Waals surface area contributed by atoms with E-state index in [0.29, 0.717) is 18.4 Å². The van der Waals surface area contributed by atoms with E-state index in [0.717, 1.165) is 0 Å². The molecule has 0 aliphatic rings. The summed E-state index contributed by atoms with van der Waals surface area (Å²) in [5.74, 6) is -0.774. The second kappa shape index (κ2) is 7.62. The van der Waals surface area contributed by atoms with Crippen molar-refractivity contribution in [1.82, 2.24) is 10.2 Å². The van der Waals surface area contributed by atoms with Crippen molar-refractivity contribution in [2.75, 3.05) is 7.05 Å². The zero-order valence-corrected chi connectivity index (χ0v) is 12.1. The number of carbonyl (C=O) groups excluding carboxylic acids is 2. The van der Waals surface area contributed by atoms with Crippen LogP contribution in [0.4, 0.5) is 4.39 Å². The Morgan fingerprint density at radius 3 is 2.55 bits per heavy atom. The summed E-state index contributed by atoms with van der Waals surface area (Å²) in [5.41, 5.74) is 0.410. The van der Waals surface area contributed by atoms with Crippen molar-refractivity contribution in [2.24, 2.45) is 0 Å². The number of carbonyl (C=O) groups is 2. The summed E-state index contributed by atoms with van der Waals surface area (Å²) in [7, 11) is 1.52. The molecule has 1 rings (SSSR count). The van der Waals surface area contributed by atoms with Crippen LogP contribution in [0.25, 0.3) is 0 Å². The molecule has 1 N–H and O–H groups in total. The normalized spacial score (nSPS) is 11.8. The fourth-order valence-corrected chi connectivity index (χ4v) is 1.96. The SMILES string of the molecule is CCCC(=O)N(Cc1ccccc1F)C(C)C(=O)NC. The first-order valence-electron chi connectivity index (χ1n) is 6.75. The Bertz CT molecular complexity index is 477. The molecule has 1 unspecified atom stereocenters. The van der Waals surface area contributed by atoms with Gasteiger partial charge < -0.3 is 10.2 Å². The van der Waals surface area contributed by atoms with Crippen molar-refractivity contribution in [1.29, 1.82) is 0 Å².